The molecule has 3 aromatic rings. The summed E-state index contributed by atoms with van der Waals surface area (Å²) in [5, 5.41) is 3.47. The van der Waals surface area contributed by atoms with Gasteiger partial charge in [0.15, 0.2) is 22.4 Å². The Hall–Kier alpha value is -4.33. The molecule has 2 aliphatic rings. The third-order valence-corrected chi connectivity index (χ3v) is 8.88. The largest absolute Gasteiger partial charge is 0.493 e. The van der Waals surface area contributed by atoms with Gasteiger partial charge in [-0.2, -0.15) is 4.98 Å². The number of ether oxygens (including phenoxy) is 2. The van der Waals surface area contributed by atoms with Crippen molar-refractivity contribution < 1.29 is 33.1 Å². The van der Waals surface area contributed by atoms with Crippen molar-refractivity contribution in [2.75, 3.05) is 62.9 Å². The second-order valence-electron chi connectivity index (χ2n) is 10.7. The molecular formula is C30H36N6O7S. The highest BCUT2D eigenvalue weighted by molar-refractivity contribution is 8.13. The summed E-state index contributed by atoms with van der Waals surface area (Å²) >= 11 is 1.11. The van der Waals surface area contributed by atoms with Crippen molar-refractivity contribution in [3.63, 3.8) is 0 Å². The standard InChI is InChI=1S/C30H36N6O7S/c1-18(17-44-19(2)37)28(39)36-9-5-7-22(36)27(38)32-26-20-15-24(41-3)25(42-4)16-21(20)31-30(33-26)35-12-10-34(11-13-35)29(40)23-8-6-14-43-23/h6,8,14-16,18,22H,5,7,9-13,17H2,1-4H3,(H,31,32,33,38)/t18?,22-/m0/s1. The number of fused-ring (bicyclic) bond motifs is 1. The normalized spacial score (nSPS) is 17.5. The highest BCUT2D eigenvalue weighted by Crippen LogP contribution is 2.35. The number of hydrogen-bond donors (Lipinski definition) is 1. The summed E-state index contributed by atoms with van der Waals surface area (Å²) in [6, 6.07) is 6.10. The minimum Gasteiger partial charge on any atom is -0.493 e. The van der Waals surface area contributed by atoms with Gasteiger partial charge in [0, 0.05) is 62.8 Å². The van der Waals surface area contributed by atoms with Gasteiger partial charge in [-0.1, -0.05) is 18.7 Å². The number of rotatable bonds is 9. The number of carbonyl (C=O) groups is 4. The van der Waals surface area contributed by atoms with Crippen LogP contribution < -0.4 is 19.7 Å². The van der Waals surface area contributed by atoms with Crippen LogP contribution in [0.5, 0.6) is 11.5 Å². The molecule has 2 atom stereocenters. The Kier molecular flexibility index (Phi) is 9.57. The predicted molar refractivity (Wildman–Crippen MR) is 165 cm³/mol. The van der Waals surface area contributed by atoms with E-state index in [0.29, 0.717) is 79.7 Å². The summed E-state index contributed by atoms with van der Waals surface area (Å²) in [5.41, 5.74) is 0.534. The summed E-state index contributed by atoms with van der Waals surface area (Å²) in [7, 11) is 3.06. The van der Waals surface area contributed by atoms with Crippen LogP contribution in [-0.2, 0) is 14.4 Å². The van der Waals surface area contributed by atoms with Crippen molar-refractivity contribution in [1.29, 1.82) is 0 Å². The van der Waals surface area contributed by atoms with E-state index in [2.05, 4.69) is 5.32 Å². The molecule has 14 heteroatoms. The number of amides is 3. The Bertz CT molecular complexity index is 1540. The zero-order valence-corrected chi connectivity index (χ0v) is 26.0. The molecule has 1 aromatic carbocycles. The molecule has 5 rings (SSSR count). The van der Waals surface area contributed by atoms with Crippen LogP contribution in [0.1, 0.15) is 37.2 Å². The highest BCUT2D eigenvalue weighted by Gasteiger charge is 2.36. The lowest BCUT2D eigenvalue weighted by molar-refractivity contribution is -0.139. The highest BCUT2D eigenvalue weighted by atomic mass is 32.2. The molecule has 2 fully saturated rings. The molecule has 0 bridgehead atoms. The number of benzene rings is 1. The molecule has 4 heterocycles. The van der Waals surface area contributed by atoms with Gasteiger partial charge in [0.05, 0.1) is 26.0 Å². The summed E-state index contributed by atoms with van der Waals surface area (Å²) in [5.74, 6) is 1.16. The van der Waals surface area contributed by atoms with Gasteiger partial charge in [-0.3, -0.25) is 19.2 Å². The number of carbonyl (C=O) groups excluding carboxylic acids is 4. The van der Waals surface area contributed by atoms with Crippen molar-refractivity contribution >= 4 is 57.3 Å². The van der Waals surface area contributed by atoms with Crippen molar-refractivity contribution in [2.24, 2.45) is 5.92 Å². The fourth-order valence-corrected chi connectivity index (χ4v) is 6.07. The van der Waals surface area contributed by atoms with E-state index in [1.165, 1.54) is 27.4 Å². The number of thioether (sulfide) groups is 1. The summed E-state index contributed by atoms with van der Waals surface area (Å²) in [6.45, 7) is 5.53. The minimum absolute atomic E-state index is 0.0515. The maximum absolute atomic E-state index is 13.7. The average molecular weight is 625 g/mol. The van der Waals surface area contributed by atoms with Gasteiger partial charge in [-0.05, 0) is 31.0 Å². The molecular weight excluding hydrogens is 588 g/mol. The van der Waals surface area contributed by atoms with Gasteiger partial charge < -0.3 is 33.9 Å². The van der Waals surface area contributed by atoms with Crippen LogP contribution in [0.2, 0.25) is 0 Å². The number of furan rings is 1. The fourth-order valence-electron chi connectivity index (χ4n) is 5.45. The average Bonchev–Trinajstić information content (AvgIpc) is 3.75. The van der Waals surface area contributed by atoms with Crippen LogP contribution >= 0.6 is 11.8 Å². The van der Waals surface area contributed by atoms with Gasteiger partial charge in [0.1, 0.15) is 11.9 Å². The lowest BCUT2D eigenvalue weighted by Crippen LogP contribution is -2.49. The van der Waals surface area contributed by atoms with Gasteiger partial charge in [0.2, 0.25) is 17.8 Å². The Balaban J connectivity index is 1.40. The molecule has 2 saturated heterocycles. The first kappa shape index (κ1) is 31.1. The molecule has 0 aliphatic carbocycles. The molecule has 0 radical (unpaired) electrons. The zero-order valence-electron chi connectivity index (χ0n) is 25.2. The second-order valence-corrected chi connectivity index (χ2v) is 11.9. The number of methoxy groups -OCH3 is 2. The topological polar surface area (TPSA) is 147 Å². The van der Waals surface area contributed by atoms with Crippen molar-refractivity contribution in [3.05, 3.63) is 36.3 Å². The number of likely N-dealkylation sites (tertiary alicyclic amines) is 1. The van der Waals surface area contributed by atoms with Gasteiger partial charge in [-0.25, -0.2) is 4.98 Å². The Labute approximate surface area is 259 Å². The van der Waals surface area contributed by atoms with Crippen molar-refractivity contribution in [1.82, 2.24) is 19.8 Å². The number of hydrogen-bond acceptors (Lipinski definition) is 11. The molecule has 2 aromatic heterocycles. The number of nitrogens with zero attached hydrogens (tertiary/aromatic N) is 5. The van der Waals surface area contributed by atoms with Crippen LogP contribution in [0.4, 0.5) is 11.8 Å². The Morgan fingerprint density at radius 1 is 1.07 bits per heavy atom. The maximum Gasteiger partial charge on any atom is 0.289 e. The lowest BCUT2D eigenvalue weighted by Gasteiger charge is -2.34. The summed E-state index contributed by atoms with van der Waals surface area (Å²) in [6.07, 6.45) is 2.68. The molecule has 234 valence electrons. The molecule has 0 spiro atoms. The Morgan fingerprint density at radius 3 is 2.45 bits per heavy atom. The summed E-state index contributed by atoms with van der Waals surface area (Å²) < 4.78 is 16.3. The number of nitrogens with one attached hydrogen (secondary N) is 1. The first-order chi connectivity index (χ1) is 21.2. The van der Waals surface area contributed by atoms with Crippen molar-refractivity contribution in [3.8, 4) is 11.5 Å². The quantitative estimate of drug-likeness (QED) is 0.375. The van der Waals surface area contributed by atoms with Gasteiger partial charge in [-0.15, -0.1) is 0 Å². The first-order valence-corrected chi connectivity index (χ1v) is 15.4. The zero-order chi connectivity index (χ0) is 31.4. The SMILES string of the molecule is COc1cc2nc(N3CCN(C(=O)c4ccco4)CC3)nc(NC(=O)[C@@H]3CCCN3C(=O)C(C)CSC(C)=O)c2cc1OC. The van der Waals surface area contributed by atoms with E-state index >= 15 is 0 Å². The fraction of sp³-hybridized carbons (Fsp3) is 0.467. The number of piperazine rings is 1. The molecule has 44 heavy (non-hydrogen) atoms. The molecule has 0 saturated carbocycles. The summed E-state index contributed by atoms with van der Waals surface area (Å²) in [4.78, 5) is 65.9. The van der Waals surface area contributed by atoms with Gasteiger partial charge in [0.25, 0.3) is 5.91 Å². The van der Waals surface area contributed by atoms with Crippen LogP contribution in [0.3, 0.4) is 0 Å². The molecule has 2 aliphatic heterocycles. The van der Waals surface area contributed by atoms with Crippen LogP contribution in [0.25, 0.3) is 10.9 Å². The second kappa shape index (κ2) is 13.5. The lowest BCUT2D eigenvalue weighted by atomic mass is 10.1. The monoisotopic (exact) mass is 624 g/mol. The third kappa shape index (κ3) is 6.59. The smallest absolute Gasteiger partial charge is 0.289 e. The Morgan fingerprint density at radius 2 is 1.80 bits per heavy atom. The van der Waals surface area contributed by atoms with Crippen molar-refractivity contribution in [2.45, 2.75) is 32.7 Å². The predicted octanol–water partition coefficient (Wildman–Crippen LogP) is 3.05. The van der Waals surface area contributed by atoms with E-state index in [1.807, 2.05) is 4.90 Å². The van der Waals surface area contributed by atoms with Crippen LogP contribution in [-0.4, -0.2) is 101 Å². The van der Waals surface area contributed by atoms with E-state index in [4.69, 9.17) is 23.9 Å². The number of anilines is 2. The molecule has 1 N–H and O–H groups in total. The van der Waals surface area contributed by atoms with E-state index in [0.717, 1.165) is 11.8 Å². The minimum atomic E-state index is -0.669. The van der Waals surface area contributed by atoms with Crippen LogP contribution in [0, 0.1) is 5.92 Å². The molecule has 13 nitrogen and oxygen atoms in total. The molecule has 3 amide bonds. The van der Waals surface area contributed by atoms with Gasteiger partial charge >= 0.3 is 0 Å². The third-order valence-electron chi connectivity index (χ3n) is 7.81. The van der Waals surface area contributed by atoms with E-state index < -0.39 is 12.0 Å². The molecule has 1 unspecified atom stereocenters. The van der Waals surface area contributed by atoms with E-state index in [9.17, 15) is 19.2 Å². The number of aromatic nitrogens is 2. The maximum atomic E-state index is 13.7. The van der Waals surface area contributed by atoms with Crippen LogP contribution in [0.15, 0.2) is 34.9 Å². The van der Waals surface area contributed by atoms with E-state index in [1.54, 1.807) is 41.0 Å². The van der Waals surface area contributed by atoms with E-state index in [-0.39, 0.29) is 34.4 Å². The first-order valence-electron chi connectivity index (χ1n) is 14.5.